The minimum Gasteiger partial charge on any atom is -0.411 e. The van der Waals surface area contributed by atoms with Crippen molar-refractivity contribution in [3.63, 3.8) is 0 Å². The van der Waals surface area contributed by atoms with E-state index in [-0.39, 0.29) is 47.7 Å². The Hall–Kier alpha value is -6.88. The highest BCUT2D eigenvalue weighted by atomic mass is 32.2. The fourth-order valence-electron chi connectivity index (χ4n) is 5.63. The van der Waals surface area contributed by atoms with Crippen molar-refractivity contribution >= 4 is 115 Å². The van der Waals surface area contributed by atoms with Gasteiger partial charge in [-0.2, -0.15) is 0 Å². The first-order chi connectivity index (χ1) is 33.7. The van der Waals surface area contributed by atoms with Crippen LogP contribution in [0, 0.1) is 5.41 Å². The maximum atomic E-state index is 13.3. The predicted molar refractivity (Wildman–Crippen MR) is 266 cm³/mol. The Kier molecular flexibility index (Phi) is 24.3. The molecule has 0 spiro atoms. The molecule has 18 nitrogen and oxygen atoms in total. The Morgan fingerprint density at radius 3 is 1.04 bits per heavy atom. The van der Waals surface area contributed by atoms with E-state index >= 15 is 0 Å². The van der Waals surface area contributed by atoms with Gasteiger partial charge in [-0.15, -0.1) is 0 Å². The number of esters is 3. The summed E-state index contributed by atoms with van der Waals surface area (Å²) in [5.74, 6) is -8.27. The molecule has 70 heavy (non-hydrogen) atoms. The first-order valence-electron chi connectivity index (χ1n) is 21.2. The molecule has 4 aromatic rings. The van der Waals surface area contributed by atoms with Crippen molar-refractivity contribution in [2.75, 3.05) is 36.1 Å². The summed E-state index contributed by atoms with van der Waals surface area (Å²) in [6.45, 7) is -0.396. The molecule has 2 atom stereocenters. The Morgan fingerprint density at radius 1 is 0.414 bits per heavy atom. The molecule has 4 rings (SSSR count). The van der Waals surface area contributed by atoms with Gasteiger partial charge in [-0.05, 0) is 12.8 Å². The van der Waals surface area contributed by atoms with Crippen LogP contribution in [0.4, 0.5) is 0 Å². The van der Waals surface area contributed by atoms with Gasteiger partial charge in [-0.1, -0.05) is 168 Å². The molecule has 366 valence electrons. The highest BCUT2D eigenvalue weighted by Gasteiger charge is 2.28. The van der Waals surface area contributed by atoms with Crippen molar-refractivity contribution in [3.05, 3.63) is 144 Å². The fourth-order valence-corrected chi connectivity index (χ4v) is 8.26. The molecule has 5 N–H and O–H groups in total. The molecule has 0 aromatic heterocycles. The van der Waals surface area contributed by atoms with Crippen LogP contribution in [0.3, 0.4) is 0 Å². The van der Waals surface area contributed by atoms with Crippen molar-refractivity contribution in [1.82, 2.24) is 21.3 Å². The largest absolute Gasteiger partial charge is 0.411 e. The average molecular weight is 1030 g/mol. The third-order valence-electron chi connectivity index (χ3n) is 9.12. The summed E-state index contributed by atoms with van der Waals surface area (Å²) in [6.07, 6.45) is -1.77. The van der Waals surface area contributed by atoms with E-state index in [4.69, 9.17) is 14.9 Å². The quantitative estimate of drug-likeness (QED) is 0.0262. The Balaban J connectivity index is 1.30. The number of benzene rings is 4. The van der Waals surface area contributed by atoms with Gasteiger partial charge in [-0.3, -0.25) is 48.6 Å². The van der Waals surface area contributed by atoms with E-state index in [0.29, 0.717) is 45.8 Å². The van der Waals surface area contributed by atoms with Gasteiger partial charge in [0.05, 0.1) is 29.4 Å². The van der Waals surface area contributed by atoms with Gasteiger partial charge < -0.3 is 30.7 Å². The maximum Gasteiger partial charge on any atom is 0.336 e. The number of ether oxygens (including phenoxy) is 2. The summed E-state index contributed by atoms with van der Waals surface area (Å²) in [7, 11) is 0. The highest BCUT2D eigenvalue weighted by molar-refractivity contribution is 8.15. The lowest BCUT2D eigenvalue weighted by Gasteiger charge is -2.18. The number of thioether (sulfide) groups is 4. The van der Waals surface area contributed by atoms with Crippen molar-refractivity contribution in [3.8, 4) is 0 Å². The van der Waals surface area contributed by atoms with Crippen LogP contribution in [0.1, 0.15) is 67.1 Å². The molecule has 0 saturated carbocycles. The summed E-state index contributed by atoms with van der Waals surface area (Å²) in [5, 5.41) is 16.6. The molecule has 4 amide bonds. The second-order valence-corrected chi connectivity index (χ2v) is 18.2. The molecule has 0 bridgehead atoms. The minimum absolute atomic E-state index is 0.187. The lowest BCUT2D eigenvalue weighted by Crippen LogP contribution is -2.45. The van der Waals surface area contributed by atoms with E-state index in [1.165, 1.54) is 0 Å². The Morgan fingerprint density at radius 2 is 0.714 bits per heavy atom. The predicted octanol–water partition coefficient (Wildman–Crippen LogP) is 4.63. The second kappa shape index (κ2) is 30.6. The van der Waals surface area contributed by atoms with E-state index in [1.807, 2.05) is 0 Å². The second-order valence-electron chi connectivity index (χ2n) is 14.4. The minimum atomic E-state index is -1.51. The number of carbonyl (C=O) groups is 11. The van der Waals surface area contributed by atoms with Crippen molar-refractivity contribution in [2.24, 2.45) is 0 Å². The van der Waals surface area contributed by atoms with Gasteiger partial charge in [0, 0.05) is 41.8 Å². The van der Waals surface area contributed by atoms with Gasteiger partial charge >= 0.3 is 17.9 Å². The van der Waals surface area contributed by atoms with Crippen LogP contribution in [0.25, 0.3) is 0 Å². The van der Waals surface area contributed by atoms with Crippen LogP contribution in [-0.2, 0) is 43.0 Å². The SMILES string of the molecule is N=C(CCC(=O)OC(=O)C(CCNC(=O)CSC(=O)c1ccccc1)NC(=O)CSC(=O)c1ccccc1)OC(=O)C(CCNC(=O)CSC(=O)c1ccccc1)NC(=O)CSC(=O)c1ccccc1. The molecule has 0 aliphatic carbocycles. The number of nitrogens with one attached hydrogen (secondary N) is 5. The van der Waals surface area contributed by atoms with Crippen LogP contribution < -0.4 is 21.3 Å². The standard InChI is InChI=1S/C48H47N5O13S4/c49-37(65-43(59)35(52-40(56)29-69-47(63)33-17-9-3-10-18-33)23-25-50-38(54)27-67-45(61)31-13-5-1-6-14-31)21-22-42(58)66-44(60)36(53-41(57)30-70-48(64)34-19-11-4-12-20-34)24-26-51-39(55)28-68-46(62)32-15-7-2-8-16-32/h1-20,35-36,49H,21-30H2,(H,50,54)(H,51,55)(H,52,56)(H,53,57). The average Bonchev–Trinajstić information content (AvgIpc) is 3.37. The molecule has 0 saturated heterocycles. The van der Waals surface area contributed by atoms with Crippen LogP contribution in [0.15, 0.2) is 121 Å². The van der Waals surface area contributed by atoms with Gasteiger partial charge in [0.2, 0.25) is 44.1 Å². The van der Waals surface area contributed by atoms with Crippen LogP contribution in [-0.4, -0.2) is 116 Å². The zero-order valence-electron chi connectivity index (χ0n) is 37.2. The zero-order chi connectivity index (χ0) is 50.7. The normalized spacial score (nSPS) is 11.4. The topological polar surface area (TPSA) is 278 Å². The summed E-state index contributed by atoms with van der Waals surface area (Å²) in [4.78, 5) is 140. The maximum absolute atomic E-state index is 13.3. The lowest BCUT2D eigenvalue weighted by atomic mass is 10.2. The van der Waals surface area contributed by atoms with Gasteiger partial charge in [-0.25, -0.2) is 9.59 Å². The summed E-state index contributed by atoms with van der Waals surface area (Å²) < 4.78 is 10.1. The van der Waals surface area contributed by atoms with Crippen molar-refractivity contribution in [2.45, 2.75) is 37.8 Å². The molecule has 0 fully saturated rings. The lowest BCUT2D eigenvalue weighted by molar-refractivity contribution is -0.162. The van der Waals surface area contributed by atoms with Crippen LogP contribution in [0.5, 0.6) is 0 Å². The molecular weight excluding hydrogens is 983 g/mol. The summed E-state index contributed by atoms with van der Waals surface area (Å²) in [5.41, 5.74) is 1.48. The van der Waals surface area contributed by atoms with E-state index in [2.05, 4.69) is 21.3 Å². The van der Waals surface area contributed by atoms with Crippen LogP contribution >= 0.6 is 47.0 Å². The molecule has 0 aliphatic rings. The number of rotatable bonds is 25. The van der Waals surface area contributed by atoms with E-state index < -0.39 is 94.1 Å². The third-order valence-corrected chi connectivity index (χ3v) is 12.7. The fraction of sp³-hybridized carbons (Fsp3) is 0.250. The van der Waals surface area contributed by atoms with Gasteiger partial charge in [0.25, 0.3) is 0 Å². The first-order valence-corrected chi connectivity index (χ1v) is 25.2. The summed E-state index contributed by atoms with van der Waals surface area (Å²) >= 11 is 2.86. The molecule has 0 heterocycles. The molecule has 0 aliphatic heterocycles. The number of amides is 4. The Labute approximate surface area is 419 Å². The zero-order valence-corrected chi connectivity index (χ0v) is 40.5. The number of hydrogen-bond donors (Lipinski definition) is 5. The first kappa shape index (κ1) is 55.7. The summed E-state index contributed by atoms with van der Waals surface area (Å²) in [6, 6.07) is 29.9. The van der Waals surface area contributed by atoms with E-state index in [0.717, 1.165) is 23.5 Å². The monoisotopic (exact) mass is 1030 g/mol. The van der Waals surface area contributed by atoms with Gasteiger partial charge in [0.1, 0.15) is 12.1 Å². The molecule has 2 unspecified atom stereocenters. The molecule has 4 aromatic carbocycles. The number of carbonyl (C=O) groups excluding carboxylic acids is 11. The van der Waals surface area contributed by atoms with Crippen molar-refractivity contribution in [1.29, 1.82) is 5.41 Å². The van der Waals surface area contributed by atoms with E-state index in [9.17, 15) is 52.7 Å². The third kappa shape index (κ3) is 21.2. The number of hydrogen-bond acceptors (Lipinski definition) is 18. The smallest absolute Gasteiger partial charge is 0.336 e. The molecule has 22 heteroatoms. The molecule has 0 radical (unpaired) electrons. The highest BCUT2D eigenvalue weighted by Crippen LogP contribution is 2.16. The Bertz CT molecular complexity index is 2330. The van der Waals surface area contributed by atoms with Gasteiger partial charge in [0.15, 0.2) is 5.90 Å². The van der Waals surface area contributed by atoms with Crippen molar-refractivity contribution < 1.29 is 62.2 Å². The molecular formula is C48H47N5O13S4. The van der Waals surface area contributed by atoms with E-state index in [1.54, 1.807) is 121 Å². The van der Waals surface area contributed by atoms with Crippen LogP contribution in [0.2, 0.25) is 0 Å².